The summed E-state index contributed by atoms with van der Waals surface area (Å²) < 4.78 is 10.6. The minimum atomic E-state index is -0.171. The maximum atomic E-state index is 12.6. The highest BCUT2D eigenvalue weighted by Crippen LogP contribution is 2.34. The molecular formula is C24H27N3O5. The third-order valence-corrected chi connectivity index (χ3v) is 5.87. The summed E-state index contributed by atoms with van der Waals surface area (Å²) in [6.45, 7) is 3.42. The van der Waals surface area contributed by atoms with E-state index in [9.17, 15) is 14.4 Å². The number of nitrogens with one attached hydrogen (secondary N) is 2. The van der Waals surface area contributed by atoms with Gasteiger partial charge in [-0.3, -0.25) is 14.4 Å². The number of likely N-dealkylation sites (tertiary alicyclic amines) is 1. The average Bonchev–Trinajstić information content (AvgIpc) is 3.27. The number of hydrogen-bond acceptors (Lipinski definition) is 5. The van der Waals surface area contributed by atoms with Gasteiger partial charge in [-0.15, -0.1) is 0 Å². The Balaban J connectivity index is 1.19. The molecule has 0 saturated carbocycles. The van der Waals surface area contributed by atoms with E-state index in [1.165, 1.54) is 0 Å². The number of amides is 3. The lowest BCUT2D eigenvalue weighted by molar-refractivity contribution is -0.134. The normalized spacial score (nSPS) is 15.3. The molecule has 1 saturated heterocycles. The van der Waals surface area contributed by atoms with Crippen LogP contribution in [0.15, 0.2) is 42.5 Å². The van der Waals surface area contributed by atoms with Crippen LogP contribution in [0.5, 0.6) is 11.5 Å². The van der Waals surface area contributed by atoms with E-state index in [0.29, 0.717) is 48.7 Å². The number of fused-ring (bicyclic) bond motifs is 1. The smallest absolute Gasteiger partial charge is 0.251 e. The van der Waals surface area contributed by atoms with Crippen LogP contribution >= 0.6 is 0 Å². The second-order valence-corrected chi connectivity index (χ2v) is 8.03. The van der Waals surface area contributed by atoms with E-state index in [1.54, 1.807) is 29.2 Å². The number of carbonyl (C=O) groups excluding carboxylic acids is 3. The molecule has 8 heteroatoms. The molecule has 168 valence electrons. The van der Waals surface area contributed by atoms with Crippen molar-refractivity contribution in [2.45, 2.75) is 26.2 Å². The van der Waals surface area contributed by atoms with Crippen molar-refractivity contribution in [3.63, 3.8) is 0 Å². The molecule has 2 aliphatic rings. The lowest BCUT2D eigenvalue weighted by atomic mass is 9.95. The number of hydrogen-bond donors (Lipinski definition) is 2. The monoisotopic (exact) mass is 437 g/mol. The molecule has 1 fully saturated rings. The first-order chi connectivity index (χ1) is 15.5. The van der Waals surface area contributed by atoms with Gasteiger partial charge in [0.2, 0.25) is 18.6 Å². The Morgan fingerprint density at radius 2 is 1.78 bits per heavy atom. The minimum absolute atomic E-state index is 0.00953. The molecule has 4 rings (SSSR count). The number of benzene rings is 2. The zero-order valence-electron chi connectivity index (χ0n) is 18.1. The molecular weight excluding hydrogens is 410 g/mol. The second-order valence-electron chi connectivity index (χ2n) is 8.03. The lowest BCUT2D eigenvalue weighted by Crippen LogP contribution is -2.42. The van der Waals surface area contributed by atoms with Crippen molar-refractivity contribution >= 4 is 23.4 Å². The first kappa shape index (κ1) is 21.7. The van der Waals surface area contributed by atoms with Gasteiger partial charge in [-0.05, 0) is 43.5 Å². The molecule has 3 amide bonds. The molecule has 0 atom stereocenters. The predicted octanol–water partition coefficient (Wildman–Crippen LogP) is 2.72. The Labute approximate surface area is 186 Å². The van der Waals surface area contributed by atoms with Crippen molar-refractivity contribution in [2.24, 2.45) is 5.92 Å². The molecule has 2 aromatic carbocycles. The molecule has 0 aromatic heterocycles. The summed E-state index contributed by atoms with van der Waals surface area (Å²) in [6, 6.07) is 12.7. The molecule has 2 aromatic rings. The largest absolute Gasteiger partial charge is 0.454 e. The molecule has 32 heavy (non-hydrogen) atoms. The van der Waals surface area contributed by atoms with Crippen molar-refractivity contribution in [2.75, 3.05) is 31.7 Å². The first-order valence-corrected chi connectivity index (χ1v) is 10.8. The van der Waals surface area contributed by atoms with Gasteiger partial charge in [0.15, 0.2) is 11.5 Å². The van der Waals surface area contributed by atoms with Gasteiger partial charge in [0.25, 0.3) is 5.91 Å². The Morgan fingerprint density at radius 1 is 1.03 bits per heavy atom. The third kappa shape index (κ3) is 5.01. The molecule has 0 unspecified atom stereocenters. The highest BCUT2D eigenvalue weighted by molar-refractivity contribution is 5.96. The molecule has 0 radical (unpaired) electrons. The van der Waals surface area contributed by atoms with E-state index >= 15 is 0 Å². The van der Waals surface area contributed by atoms with E-state index in [4.69, 9.17) is 9.47 Å². The number of rotatable bonds is 6. The van der Waals surface area contributed by atoms with E-state index in [2.05, 4.69) is 10.6 Å². The van der Waals surface area contributed by atoms with Gasteiger partial charge < -0.3 is 25.0 Å². The molecule has 0 spiro atoms. The van der Waals surface area contributed by atoms with Gasteiger partial charge in [0.1, 0.15) is 0 Å². The molecule has 0 bridgehead atoms. The Hall–Kier alpha value is -3.55. The Bertz CT molecular complexity index is 1010. The fourth-order valence-electron chi connectivity index (χ4n) is 3.97. The van der Waals surface area contributed by atoms with E-state index < -0.39 is 0 Å². The van der Waals surface area contributed by atoms with Gasteiger partial charge >= 0.3 is 0 Å². The van der Waals surface area contributed by atoms with Crippen molar-refractivity contribution in [1.82, 2.24) is 10.2 Å². The standard InChI is InChI=1S/C24H27N3O5/c1-16-4-2-3-5-19(16)24(30)25-11-8-22(28)27-12-9-17(10-13-27)23(29)26-18-6-7-20-21(14-18)32-15-31-20/h2-7,14,17H,8-13,15H2,1H3,(H,25,30)(H,26,29). The minimum Gasteiger partial charge on any atom is -0.454 e. The molecule has 8 nitrogen and oxygen atoms in total. The van der Waals surface area contributed by atoms with Crippen LogP contribution < -0.4 is 20.1 Å². The average molecular weight is 437 g/mol. The fourth-order valence-corrected chi connectivity index (χ4v) is 3.97. The zero-order valence-corrected chi connectivity index (χ0v) is 18.1. The number of anilines is 1. The van der Waals surface area contributed by atoms with Crippen LogP contribution in [0, 0.1) is 12.8 Å². The highest BCUT2D eigenvalue weighted by atomic mass is 16.7. The predicted molar refractivity (Wildman–Crippen MR) is 119 cm³/mol. The topological polar surface area (TPSA) is 97.0 Å². The summed E-state index contributed by atoms with van der Waals surface area (Å²) in [4.78, 5) is 39.2. The SMILES string of the molecule is Cc1ccccc1C(=O)NCCC(=O)N1CCC(C(=O)Nc2ccc3c(c2)OCO3)CC1. The van der Waals surface area contributed by atoms with Crippen LogP contribution in [0.1, 0.15) is 35.2 Å². The van der Waals surface area contributed by atoms with Gasteiger partial charge in [0, 0.05) is 49.3 Å². The van der Waals surface area contributed by atoms with Crippen LogP contribution in [0.25, 0.3) is 0 Å². The van der Waals surface area contributed by atoms with E-state index in [-0.39, 0.29) is 43.4 Å². The van der Waals surface area contributed by atoms with Crippen LogP contribution in [0.4, 0.5) is 5.69 Å². The summed E-state index contributed by atoms with van der Waals surface area (Å²) in [5.74, 6) is 0.911. The van der Waals surface area contributed by atoms with Gasteiger partial charge in [-0.2, -0.15) is 0 Å². The maximum absolute atomic E-state index is 12.6. The quantitative estimate of drug-likeness (QED) is 0.724. The second kappa shape index (κ2) is 9.72. The number of nitrogens with zero attached hydrogens (tertiary/aromatic N) is 1. The summed E-state index contributed by atoms with van der Waals surface area (Å²) in [5.41, 5.74) is 2.19. The van der Waals surface area contributed by atoms with E-state index in [1.807, 2.05) is 25.1 Å². The van der Waals surface area contributed by atoms with Crippen LogP contribution in [0.2, 0.25) is 0 Å². The third-order valence-electron chi connectivity index (χ3n) is 5.87. The summed E-state index contributed by atoms with van der Waals surface area (Å²) in [7, 11) is 0. The number of carbonyl (C=O) groups is 3. The van der Waals surface area contributed by atoms with Gasteiger partial charge in [0.05, 0.1) is 0 Å². The van der Waals surface area contributed by atoms with Gasteiger partial charge in [-0.25, -0.2) is 0 Å². The first-order valence-electron chi connectivity index (χ1n) is 10.8. The van der Waals surface area contributed by atoms with Crippen molar-refractivity contribution in [3.8, 4) is 11.5 Å². The summed E-state index contributed by atoms with van der Waals surface area (Å²) >= 11 is 0. The summed E-state index contributed by atoms with van der Waals surface area (Å²) in [6.07, 6.45) is 1.46. The van der Waals surface area contributed by atoms with Crippen LogP contribution in [0.3, 0.4) is 0 Å². The van der Waals surface area contributed by atoms with Crippen LogP contribution in [-0.4, -0.2) is 49.0 Å². The summed E-state index contributed by atoms with van der Waals surface area (Å²) in [5, 5.41) is 5.74. The number of ether oxygens (including phenoxy) is 2. The van der Waals surface area contributed by atoms with E-state index in [0.717, 1.165) is 5.56 Å². The zero-order chi connectivity index (χ0) is 22.5. The molecule has 2 aliphatic heterocycles. The molecule has 2 heterocycles. The number of piperidine rings is 1. The Morgan fingerprint density at radius 3 is 2.56 bits per heavy atom. The van der Waals surface area contributed by atoms with Crippen LogP contribution in [-0.2, 0) is 9.59 Å². The fraction of sp³-hybridized carbons (Fsp3) is 0.375. The van der Waals surface area contributed by atoms with Crippen molar-refractivity contribution in [3.05, 3.63) is 53.6 Å². The van der Waals surface area contributed by atoms with Crippen molar-refractivity contribution < 1.29 is 23.9 Å². The lowest BCUT2D eigenvalue weighted by Gasteiger charge is -2.31. The molecule has 0 aliphatic carbocycles. The highest BCUT2D eigenvalue weighted by Gasteiger charge is 2.27. The van der Waals surface area contributed by atoms with Gasteiger partial charge in [-0.1, -0.05) is 18.2 Å². The van der Waals surface area contributed by atoms with Crippen molar-refractivity contribution in [1.29, 1.82) is 0 Å². The molecule has 2 N–H and O–H groups in total. The number of aryl methyl sites for hydroxylation is 1. The Kier molecular flexibility index (Phi) is 6.58. The maximum Gasteiger partial charge on any atom is 0.251 e.